The van der Waals surface area contributed by atoms with Gasteiger partial charge in [0.1, 0.15) is 11.6 Å². The van der Waals surface area contributed by atoms with Gasteiger partial charge in [-0.15, -0.1) is 0 Å². The number of anilines is 2. The molecular weight excluding hydrogens is 374 g/mol. The molecule has 0 unspecified atom stereocenters. The van der Waals surface area contributed by atoms with Crippen LogP contribution in [0.3, 0.4) is 0 Å². The molecule has 2 N–H and O–H groups in total. The van der Waals surface area contributed by atoms with Gasteiger partial charge in [-0.3, -0.25) is 4.79 Å². The molecule has 2 rings (SSSR count). The number of hydrogen-bond donors (Lipinski definition) is 2. The van der Waals surface area contributed by atoms with E-state index in [1.165, 1.54) is 43.6 Å². The van der Waals surface area contributed by atoms with Gasteiger partial charge in [-0.05, 0) is 49.4 Å². The molecule has 0 bridgehead atoms. The van der Waals surface area contributed by atoms with Crippen molar-refractivity contribution in [1.82, 2.24) is 0 Å². The van der Waals surface area contributed by atoms with Crippen LogP contribution in [0.25, 0.3) is 0 Å². The summed E-state index contributed by atoms with van der Waals surface area (Å²) in [5.41, 5.74) is 1.43. The van der Waals surface area contributed by atoms with E-state index in [0.29, 0.717) is 22.5 Å². The van der Waals surface area contributed by atoms with Crippen molar-refractivity contribution < 1.29 is 23.9 Å². The molecule has 0 saturated carbocycles. The normalized spacial score (nSPS) is 10.4. The second kappa shape index (κ2) is 10.3. The SMILES string of the molecule is CCOC(=O)c1ccc(NC(=O)/C(C#N)=C\Nc2cccc(C(=O)OC)c2)cc1. The number of esters is 2. The number of hydrogen-bond acceptors (Lipinski definition) is 7. The third kappa shape index (κ3) is 5.94. The molecule has 0 aromatic heterocycles. The Labute approximate surface area is 167 Å². The van der Waals surface area contributed by atoms with Crippen molar-refractivity contribution in [3.05, 3.63) is 71.4 Å². The van der Waals surface area contributed by atoms with Gasteiger partial charge in [0.15, 0.2) is 0 Å². The van der Waals surface area contributed by atoms with Crippen molar-refractivity contribution in [2.75, 3.05) is 24.4 Å². The molecule has 0 saturated heterocycles. The first kappa shape index (κ1) is 21.2. The highest BCUT2D eigenvalue weighted by atomic mass is 16.5. The molecule has 0 aliphatic carbocycles. The van der Waals surface area contributed by atoms with Crippen LogP contribution in [0, 0.1) is 11.3 Å². The first-order chi connectivity index (χ1) is 14.0. The molecule has 0 radical (unpaired) electrons. The molecule has 0 fully saturated rings. The number of nitriles is 1. The third-order valence-electron chi connectivity index (χ3n) is 3.69. The van der Waals surface area contributed by atoms with Crippen molar-refractivity contribution in [3.8, 4) is 6.07 Å². The van der Waals surface area contributed by atoms with E-state index in [-0.39, 0.29) is 12.2 Å². The fraction of sp³-hybridized carbons (Fsp3) is 0.143. The summed E-state index contributed by atoms with van der Waals surface area (Å²) in [7, 11) is 1.28. The maximum absolute atomic E-state index is 12.3. The van der Waals surface area contributed by atoms with Crippen molar-refractivity contribution in [2.45, 2.75) is 6.92 Å². The highest BCUT2D eigenvalue weighted by Crippen LogP contribution is 2.14. The summed E-state index contributed by atoms with van der Waals surface area (Å²) in [6.07, 6.45) is 1.23. The van der Waals surface area contributed by atoms with Crippen LogP contribution in [0.2, 0.25) is 0 Å². The van der Waals surface area contributed by atoms with Gasteiger partial charge in [0.2, 0.25) is 0 Å². The zero-order chi connectivity index (χ0) is 21.2. The van der Waals surface area contributed by atoms with Crippen LogP contribution in [-0.2, 0) is 14.3 Å². The Morgan fingerprint density at radius 2 is 1.76 bits per heavy atom. The molecule has 2 aromatic rings. The van der Waals surface area contributed by atoms with E-state index in [4.69, 9.17) is 4.74 Å². The van der Waals surface area contributed by atoms with E-state index in [2.05, 4.69) is 15.4 Å². The van der Waals surface area contributed by atoms with Gasteiger partial charge in [0, 0.05) is 17.6 Å². The Bertz CT molecular complexity index is 975. The molecule has 1 amide bonds. The van der Waals surface area contributed by atoms with Crippen LogP contribution >= 0.6 is 0 Å². The van der Waals surface area contributed by atoms with Crippen molar-refractivity contribution >= 4 is 29.2 Å². The van der Waals surface area contributed by atoms with Crippen LogP contribution in [0.1, 0.15) is 27.6 Å². The Hall–Kier alpha value is -4.12. The van der Waals surface area contributed by atoms with Crippen LogP contribution in [0.15, 0.2) is 60.3 Å². The topological polar surface area (TPSA) is 118 Å². The minimum Gasteiger partial charge on any atom is -0.465 e. The Kier molecular flexibility index (Phi) is 7.51. The number of rotatable bonds is 7. The lowest BCUT2D eigenvalue weighted by Crippen LogP contribution is -2.15. The monoisotopic (exact) mass is 393 g/mol. The molecule has 0 spiro atoms. The number of nitrogens with zero attached hydrogens (tertiary/aromatic N) is 1. The van der Waals surface area contributed by atoms with Gasteiger partial charge in [-0.2, -0.15) is 5.26 Å². The first-order valence-corrected chi connectivity index (χ1v) is 8.62. The summed E-state index contributed by atoms with van der Waals surface area (Å²) in [6, 6.07) is 14.3. The Morgan fingerprint density at radius 1 is 1.03 bits per heavy atom. The van der Waals surface area contributed by atoms with Gasteiger partial charge < -0.3 is 20.1 Å². The van der Waals surface area contributed by atoms with Gasteiger partial charge in [-0.1, -0.05) is 6.07 Å². The summed E-state index contributed by atoms with van der Waals surface area (Å²) in [6.45, 7) is 1.98. The summed E-state index contributed by atoms with van der Waals surface area (Å²) in [5.74, 6) is -1.59. The average molecular weight is 393 g/mol. The molecule has 148 valence electrons. The predicted molar refractivity (Wildman–Crippen MR) is 106 cm³/mol. The highest BCUT2D eigenvalue weighted by Gasteiger charge is 2.11. The maximum Gasteiger partial charge on any atom is 0.338 e. The van der Waals surface area contributed by atoms with E-state index >= 15 is 0 Å². The van der Waals surface area contributed by atoms with Gasteiger partial charge in [0.25, 0.3) is 5.91 Å². The summed E-state index contributed by atoms with van der Waals surface area (Å²) in [4.78, 5) is 35.5. The van der Waals surface area contributed by atoms with Crippen molar-refractivity contribution in [3.63, 3.8) is 0 Å². The van der Waals surface area contributed by atoms with Crippen LogP contribution in [0.4, 0.5) is 11.4 Å². The molecule has 0 aliphatic rings. The number of methoxy groups -OCH3 is 1. The highest BCUT2D eigenvalue weighted by molar-refractivity contribution is 6.07. The minimum absolute atomic E-state index is 0.178. The van der Waals surface area contributed by atoms with E-state index in [0.717, 1.165) is 0 Å². The van der Waals surface area contributed by atoms with Gasteiger partial charge in [0.05, 0.1) is 24.8 Å². The quantitative estimate of drug-likeness (QED) is 0.421. The first-order valence-electron chi connectivity index (χ1n) is 8.62. The molecule has 0 heterocycles. The smallest absolute Gasteiger partial charge is 0.338 e. The standard InChI is InChI=1S/C21H19N3O5/c1-3-29-21(27)14-7-9-17(10-8-14)24-19(25)16(12-22)13-23-18-6-4-5-15(11-18)20(26)28-2/h4-11,13,23H,3H2,1-2H3,(H,24,25)/b16-13-. The van der Waals surface area contributed by atoms with E-state index < -0.39 is 17.8 Å². The molecule has 8 heteroatoms. The fourth-order valence-corrected chi connectivity index (χ4v) is 2.26. The number of ether oxygens (including phenoxy) is 2. The zero-order valence-electron chi connectivity index (χ0n) is 15.9. The van der Waals surface area contributed by atoms with E-state index in [1.54, 1.807) is 25.1 Å². The van der Waals surface area contributed by atoms with Gasteiger partial charge in [-0.25, -0.2) is 9.59 Å². The van der Waals surface area contributed by atoms with Crippen LogP contribution < -0.4 is 10.6 Å². The number of carbonyl (C=O) groups is 3. The number of nitrogens with one attached hydrogen (secondary N) is 2. The lowest BCUT2D eigenvalue weighted by atomic mass is 10.2. The maximum atomic E-state index is 12.3. The van der Waals surface area contributed by atoms with Crippen LogP contribution in [-0.4, -0.2) is 31.6 Å². The molecule has 0 aliphatic heterocycles. The molecule has 29 heavy (non-hydrogen) atoms. The number of carbonyl (C=O) groups excluding carboxylic acids is 3. The summed E-state index contributed by atoms with van der Waals surface area (Å²) < 4.78 is 9.54. The molecule has 0 atom stereocenters. The van der Waals surface area contributed by atoms with E-state index in [9.17, 15) is 19.6 Å². The summed E-state index contributed by atoms with van der Waals surface area (Å²) >= 11 is 0. The lowest BCUT2D eigenvalue weighted by molar-refractivity contribution is -0.112. The predicted octanol–water partition coefficient (Wildman–Crippen LogP) is 3.11. The minimum atomic E-state index is -0.631. The van der Waals surface area contributed by atoms with Gasteiger partial charge >= 0.3 is 11.9 Å². The average Bonchev–Trinajstić information content (AvgIpc) is 2.74. The third-order valence-corrected chi connectivity index (χ3v) is 3.69. The number of benzene rings is 2. The Morgan fingerprint density at radius 3 is 2.38 bits per heavy atom. The van der Waals surface area contributed by atoms with Crippen LogP contribution in [0.5, 0.6) is 0 Å². The Balaban J connectivity index is 2.06. The zero-order valence-corrected chi connectivity index (χ0v) is 15.9. The largest absolute Gasteiger partial charge is 0.465 e. The fourth-order valence-electron chi connectivity index (χ4n) is 2.26. The van der Waals surface area contributed by atoms with E-state index in [1.807, 2.05) is 6.07 Å². The molecule has 8 nitrogen and oxygen atoms in total. The lowest BCUT2D eigenvalue weighted by Gasteiger charge is -2.07. The second-order valence-corrected chi connectivity index (χ2v) is 5.64. The van der Waals surface area contributed by atoms with Crippen molar-refractivity contribution in [1.29, 1.82) is 5.26 Å². The molecular formula is C21H19N3O5. The second-order valence-electron chi connectivity index (χ2n) is 5.64. The summed E-state index contributed by atoms with van der Waals surface area (Å²) in [5, 5.41) is 14.6. The van der Waals surface area contributed by atoms with Crippen molar-refractivity contribution in [2.24, 2.45) is 0 Å². The number of amides is 1. The molecule has 2 aromatic carbocycles.